The van der Waals surface area contributed by atoms with Gasteiger partial charge in [-0.3, -0.25) is 0 Å². The zero-order valence-corrected chi connectivity index (χ0v) is 15.4. The Labute approximate surface area is 140 Å². The van der Waals surface area contributed by atoms with Crippen molar-refractivity contribution in [2.45, 2.75) is 30.0 Å². The topological polar surface area (TPSA) is 93.2 Å². The lowest BCUT2D eigenvalue weighted by Crippen LogP contribution is -2.30. The quantitative estimate of drug-likeness (QED) is 0.837. The molecule has 9 heteroatoms. The monoisotopic (exact) mass is 374 g/mol. The largest absolute Gasteiger partial charge is 0.224 e. The molecule has 2 unspecified atom stereocenters. The van der Waals surface area contributed by atoms with Gasteiger partial charge in [0, 0.05) is 17.3 Å². The highest BCUT2D eigenvalue weighted by atomic mass is 32.2. The van der Waals surface area contributed by atoms with E-state index in [0.29, 0.717) is 5.56 Å². The SMILES string of the molecule is CC(NS(=O)(=O)C(C)c1ccc(S(C)(=O)=O)cc1)c1ccns1. The first-order valence-electron chi connectivity index (χ1n) is 6.83. The summed E-state index contributed by atoms with van der Waals surface area (Å²) in [6.45, 7) is 3.32. The summed E-state index contributed by atoms with van der Waals surface area (Å²) in [7, 11) is -6.91. The van der Waals surface area contributed by atoms with E-state index < -0.39 is 25.1 Å². The molecule has 1 heterocycles. The summed E-state index contributed by atoms with van der Waals surface area (Å²) < 4.78 is 54.4. The number of sulfone groups is 1. The van der Waals surface area contributed by atoms with E-state index in [-0.39, 0.29) is 10.9 Å². The Morgan fingerprint density at radius 1 is 1.04 bits per heavy atom. The number of nitrogens with one attached hydrogen (secondary N) is 1. The molecule has 2 atom stereocenters. The van der Waals surface area contributed by atoms with Crippen molar-refractivity contribution in [3.05, 3.63) is 47.0 Å². The van der Waals surface area contributed by atoms with Crippen LogP contribution < -0.4 is 4.72 Å². The second-order valence-corrected chi connectivity index (χ2v) is 10.2. The first-order chi connectivity index (χ1) is 10.6. The Morgan fingerprint density at radius 2 is 1.65 bits per heavy atom. The zero-order valence-electron chi connectivity index (χ0n) is 12.9. The Balaban J connectivity index is 2.19. The molecule has 1 aromatic carbocycles. The van der Waals surface area contributed by atoms with Gasteiger partial charge in [-0.05, 0) is 49.1 Å². The highest BCUT2D eigenvalue weighted by Crippen LogP contribution is 2.25. The Morgan fingerprint density at radius 3 is 2.13 bits per heavy atom. The van der Waals surface area contributed by atoms with E-state index in [4.69, 9.17) is 0 Å². The summed E-state index contributed by atoms with van der Waals surface area (Å²) in [6, 6.07) is 7.29. The van der Waals surface area contributed by atoms with Crippen LogP contribution in [0.1, 0.15) is 35.6 Å². The fourth-order valence-corrected chi connectivity index (χ4v) is 4.65. The van der Waals surface area contributed by atoms with Crippen LogP contribution in [0.5, 0.6) is 0 Å². The summed E-state index contributed by atoms with van der Waals surface area (Å²) in [4.78, 5) is 0.991. The number of hydrogen-bond acceptors (Lipinski definition) is 6. The van der Waals surface area contributed by atoms with E-state index in [0.717, 1.165) is 11.1 Å². The van der Waals surface area contributed by atoms with E-state index in [1.54, 1.807) is 26.1 Å². The molecule has 0 saturated carbocycles. The number of aromatic nitrogens is 1. The summed E-state index contributed by atoms with van der Waals surface area (Å²) in [5.74, 6) is 0. The van der Waals surface area contributed by atoms with Crippen LogP contribution in [-0.4, -0.2) is 27.5 Å². The molecule has 0 amide bonds. The third kappa shape index (κ3) is 4.37. The zero-order chi connectivity index (χ0) is 17.3. The predicted octanol–water partition coefficient (Wildman–Crippen LogP) is 2.29. The number of rotatable bonds is 6. The van der Waals surface area contributed by atoms with Crippen LogP contribution in [0.4, 0.5) is 0 Å². The maximum absolute atomic E-state index is 12.5. The van der Waals surface area contributed by atoms with Crippen molar-refractivity contribution in [2.24, 2.45) is 0 Å². The molecule has 0 bridgehead atoms. The Bertz CT molecular complexity index is 857. The van der Waals surface area contributed by atoms with Crippen LogP contribution in [0.2, 0.25) is 0 Å². The second-order valence-electron chi connectivity index (χ2n) is 5.28. The molecule has 126 valence electrons. The minimum absolute atomic E-state index is 0.164. The van der Waals surface area contributed by atoms with E-state index in [2.05, 4.69) is 9.10 Å². The van der Waals surface area contributed by atoms with Crippen LogP contribution in [-0.2, 0) is 19.9 Å². The van der Waals surface area contributed by atoms with Crippen LogP contribution in [0.15, 0.2) is 41.4 Å². The van der Waals surface area contributed by atoms with Gasteiger partial charge >= 0.3 is 0 Å². The van der Waals surface area contributed by atoms with Crippen LogP contribution >= 0.6 is 11.5 Å². The maximum atomic E-state index is 12.5. The molecule has 1 aromatic heterocycles. The molecular weight excluding hydrogens is 356 g/mol. The summed E-state index contributed by atoms with van der Waals surface area (Å²) in [5, 5.41) is -0.800. The normalized spacial score (nSPS) is 15.3. The third-order valence-electron chi connectivity index (χ3n) is 3.47. The van der Waals surface area contributed by atoms with Crippen molar-refractivity contribution < 1.29 is 16.8 Å². The minimum Gasteiger partial charge on any atom is -0.224 e. The van der Waals surface area contributed by atoms with Gasteiger partial charge in [0.15, 0.2) is 9.84 Å². The van der Waals surface area contributed by atoms with Gasteiger partial charge in [-0.2, -0.15) is 0 Å². The molecule has 2 rings (SSSR count). The Kier molecular flexibility index (Phi) is 5.24. The van der Waals surface area contributed by atoms with E-state index in [1.165, 1.54) is 35.8 Å². The number of hydrogen-bond donors (Lipinski definition) is 1. The minimum atomic E-state index is -3.61. The van der Waals surface area contributed by atoms with Crippen molar-refractivity contribution in [3.63, 3.8) is 0 Å². The van der Waals surface area contributed by atoms with E-state index >= 15 is 0 Å². The maximum Gasteiger partial charge on any atom is 0.218 e. The van der Waals surface area contributed by atoms with Gasteiger partial charge < -0.3 is 0 Å². The van der Waals surface area contributed by atoms with Crippen molar-refractivity contribution in [1.82, 2.24) is 9.10 Å². The summed E-state index contributed by atoms with van der Waals surface area (Å²) >= 11 is 1.24. The van der Waals surface area contributed by atoms with Gasteiger partial charge in [0.2, 0.25) is 10.0 Å². The van der Waals surface area contributed by atoms with Crippen molar-refractivity contribution in [1.29, 1.82) is 0 Å². The van der Waals surface area contributed by atoms with Crippen LogP contribution in [0, 0.1) is 0 Å². The molecule has 1 N–H and O–H groups in total. The smallest absolute Gasteiger partial charge is 0.218 e. The number of sulfonamides is 1. The van der Waals surface area contributed by atoms with Gasteiger partial charge in [0.25, 0.3) is 0 Å². The Hall–Kier alpha value is -1.29. The third-order valence-corrected chi connectivity index (χ3v) is 7.41. The van der Waals surface area contributed by atoms with E-state index in [1.807, 2.05) is 0 Å². The molecule has 0 saturated heterocycles. The van der Waals surface area contributed by atoms with Crippen molar-refractivity contribution in [2.75, 3.05) is 6.26 Å². The summed E-state index contributed by atoms with van der Waals surface area (Å²) in [6.07, 6.45) is 2.73. The van der Waals surface area contributed by atoms with Crippen molar-refractivity contribution >= 4 is 31.4 Å². The molecule has 0 aliphatic heterocycles. The standard InChI is InChI=1S/C14H18N2O4S3/c1-10(14-8-9-15-21-14)16-23(19,20)11(2)12-4-6-13(7-5-12)22(3,17)18/h4-11,16H,1-3H3. The molecular formula is C14H18N2O4S3. The van der Waals surface area contributed by atoms with Gasteiger partial charge in [-0.25, -0.2) is 25.9 Å². The van der Waals surface area contributed by atoms with Crippen molar-refractivity contribution in [3.8, 4) is 0 Å². The molecule has 0 fully saturated rings. The highest BCUT2D eigenvalue weighted by Gasteiger charge is 2.25. The fraction of sp³-hybridized carbons (Fsp3) is 0.357. The molecule has 6 nitrogen and oxygen atoms in total. The van der Waals surface area contributed by atoms with Gasteiger partial charge in [-0.1, -0.05) is 12.1 Å². The molecule has 0 aliphatic rings. The van der Waals surface area contributed by atoms with Crippen LogP contribution in [0.25, 0.3) is 0 Å². The molecule has 0 spiro atoms. The molecule has 0 radical (unpaired) electrons. The first-order valence-corrected chi connectivity index (χ1v) is 11.0. The van der Waals surface area contributed by atoms with Gasteiger partial charge in [0.05, 0.1) is 16.2 Å². The highest BCUT2D eigenvalue weighted by molar-refractivity contribution is 7.90. The van der Waals surface area contributed by atoms with Crippen LogP contribution in [0.3, 0.4) is 0 Å². The fourth-order valence-electron chi connectivity index (χ4n) is 2.02. The average Bonchev–Trinajstić information content (AvgIpc) is 2.99. The average molecular weight is 375 g/mol. The van der Waals surface area contributed by atoms with Gasteiger partial charge in [0.1, 0.15) is 0 Å². The molecule has 0 aliphatic carbocycles. The lowest BCUT2D eigenvalue weighted by molar-refractivity contribution is 0.558. The van der Waals surface area contributed by atoms with E-state index in [9.17, 15) is 16.8 Å². The predicted molar refractivity (Wildman–Crippen MR) is 90.6 cm³/mol. The van der Waals surface area contributed by atoms with Gasteiger partial charge in [-0.15, -0.1) is 0 Å². The molecule has 2 aromatic rings. The lowest BCUT2D eigenvalue weighted by atomic mass is 10.2. The second kappa shape index (κ2) is 6.68. The molecule has 23 heavy (non-hydrogen) atoms. The summed E-state index contributed by atoms with van der Waals surface area (Å²) in [5.41, 5.74) is 0.529. The number of benzene rings is 1. The lowest BCUT2D eigenvalue weighted by Gasteiger charge is -2.18. The number of nitrogens with zero attached hydrogens (tertiary/aromatic N) is 1. The first kappa shape index (κ1) is 18.1.